The highest BCUT2D eigenvalue weighted by Crippen LogP contribution is 2.29. The van der Waals surface area contributed by atoms with E-state index in [0.717, 1.165) is 29.8 Å². The van der Waals surface area contributed by atoms with E-state index in [4.69, 9.17) is 0 Å². The summed E-state index contributed by atoms with van der Waals surface area (Å²) in [4.78, 5) is 20.0. The van der Waals surface area contributed by atoms with E-state index in [1.54, 1.807) is 17.2 Å². The van der Waals surface area contributed by atoms with Crippen molar-refractivity contribution >= 4 is 27.3 Å². The number of nitrogens with zero attached hydrogens (tertiary/aromatic N) is 3. The SMILES string of the molecule is CC(C)(C)c1ncc(C(=O)N2CCN(S(=O)(=O)c3ccc4c(c3)CCCC4)CC2)s1. The number of benzene rings is 1. The molecule has 0 saturated carbocycles. The minimum absolute atomic E-state index is 0.0613. The average molecular weight is 448 g/mol. The van der Waals surface area contributed by atoms with Gasteiger partial charge in [0.1, 0.15) is 4.88 Å². The molecule has 0 atom stereocenters. The minimum Gasteiger partial charge on any atom is -0.335 e. The van der Waals surface area contributed by atoms with Gasteiger partial charge in [0.25, 0.3) is 5.91 Å². The van der Waals surface area contributed by atoms with Crippen molar-refractivity contribution in [1.82, 2.24) is 14.2 Å². The summed E-state index contributed by atoms with van der Waals surface area (Å²) < 4.78 is 27.8. The molecule has 2 heterocycles. The Hall–Kier alpha value is -1.77. The van der Waals surface area contributed by atoms with E-state index < -0.39 is 10.0 Å². The predicted molar refractivity (Wildman–Crippen MR) is 119 cm³/mol. The highest BCUT2D eigenvalue weighted by molar-refractivity contribution is 7.89. The van der Waals surface area contributed by atoms with Gasteiger partial charge in [-0.3, -0.25) is 4.79 Å². The Morgan fingerprint density at radius 1 is 1.03 bits per heavy atom. The standard InChI is InChI=1S/C22H29N3O3S2/c1-22(2,3)21-23-15-19(29-21)20(26)24-10-12-25(13-11-24)30(27,28)18-9-8-16-6-4-5-7-17(16)14-18/h8-9,14-15H,4-7,10-13H2,1-3H3. The Morgan fingerprint density at radius 2 is 1.70 bits per heavy atom. The number of thiazole rings is 1. The molecular weight excluding hydrogens is 418 g/mol. The Bertz CT molecular complexity index is 1050. The third kappa shape index (κ3) is 4.18. The number of hydrogen-bond acceptors (Lipinski definition) is 5. The minimum atomic E-state index is -3.54. The van der Waals surface area contributed by atoms with Crippen LogP contribution in [0.2, 0.25) is 0 Å². The molecule has 1 aliphatic heterocycles. The number of sulfonamides is 1. The van der Waals surface area contributed by atoms with Crippen LogP contribution in [0.15, 0.2) is 29.3 Å². The van der Waals surface area contributed by atoms with Crippen LogP contribution >= 0.6 is 11.3 Å². The number of fused-ring (bicyclic) bond motifs is 1. The first-order valence-electron chi connectivity index (χ1n) is 10.5. The second kappa shape index (κ2) is 8.05. The van der Waals surface area contributed by atoms with Crippen molar-refractivity contribution in [2.24, 2.45) is 0 Å². The molecule has 2 aromatic rings. The highest BCUT2D eigenvalue weighted by atomic mass is 32.2. The summed E-state index contributed by atoms with van der Waals surface area (Å²) in [5, 5.41) is 0.930. The zero-order valence-corrected chi connectivity index (χ0v) is 19.5. The van der Waals surface area contributed by atoms with Crippen LogP contribution in [-0.2, 0) is 28.3 Å². The lowest BCUT2D eigenvalue weighted by Gasteiger charge is -2.34. The summed E-state index contributed by atoms with van der Waals surface area (Å²) in [6, 6.07) is 5.56. The number of aromatic nitrogens is 1. The molecule has 1 aromatic carbocycles. The average Bonchev–Trinajstić information content (AvgIpc) is 3.24. The van der Waals surface area contributed by atoms with Crippen LogP contribution in [0.25, 0.3) is 0 Å². The van der Waals surface area contributed by atoms with Gasteiger partial charge in [0.2, 0.25) is 10.0 Å². The van der Waals surface area contributed by atoms with Crippen LogP contribution in [0.1, 0.15) is 59.4 Å². The van der Waals surface area contributed by atoms with Crippen molar-refractivity contribution in [3.63, 3.8) is 0 Å². The van der Waals surface area contributed by atoms with Crippen LogP contribution in [0, 0.1) is 0 Å². The second-order valence-corrected chi connectivity index (χ2v) is 12.1. The molecular formula is C22H29N3O3S2. The van der Waals surface area contributed by atoms with Crippen molar-refractivity contribution in [3.05, 3.63) is 45.4 Å². The molecule has 1 aromatic heterocycles. The van der Waals surface area contributed by atoms with Crippen LogP contribution in [0.4, 0.5) is 0 Å². The van der Waals surface area contributed by atoms with E-state index in [2.05, 4.69) is 25.8 Å². The first-order chi connectivity index (χ1) is 14.2. The molecule has 0 unspecified atom stereocenters. The Balaban J connectivity index is 1.44. The predicted octanol–water partition coefficient (Wildman–Crippen LogP) is 3.47. The van der Waals surface area contributed by atoms with Crippen LogP contribution in [-0.4, -0.2) is 54.7 Å². The van der Waals surface area contributed by atoms with Crippen molar-refractivity contribution in [1.29, 1.82) is 0 Å². The van der Waals surface area contributed by atoms with Gasteiger partial charge in [-0.25, -0.2) is 13.4 Å². The molecule has 4 rings (SSSR count). The second-order valence-electron chi connectivity index (χ2n) is 9.11. The molecule has 2 aliphatic rings. The van der Waals surface area contributed by atoms with Gasteiger partial charge < -0.3 is 4.90 Å². The Kier molecular flexibility index (Phi) is 5.76. The first kappa shape index (κ1) is 21.5. The lowest BCUT2D eigenvalue weighted by atomic mass is 9.92. The summed E-state index contributed by atoms with van der Waals surface area (Å²) in [7, 11) is -3.54. The van der Waals surface area contributed by atoms with Gasteiger partial charge in [-0.05, 0) is 48.9 Å². The van der Waals surface area contributed by atoms with Gasteiger partial charge in [0.15, 0.2) is 0 Å². The Labute approximate surface area is 183 Å². The van der Waals surface area contributed by atoms with Crippen molar-refractivity contribution in [3.8, 4) is 0 Å². The van der Waals surface area contributed by atoms with Gasteiger partial charge >= 0.3 is 0 Å². The molecule has 0 N–H and O–H groups in total. The summed E-state index contributed by atoms with van der Waals surface area (Å²) in [6.45, 7) is 7.64. The number of hydrogen-bond donors (Lipinski definition) is 0. The van der Waals surface area contributed by atoms with Crippen LogP contribution < -0.4 is 0 Å². The van der Waals surface area contributed by atoms with Crippen molar-refractivity contribution in [2.45, 2.75) is 56.8 Å². The summed E-state index contributed by atoms with van der Waals surface area (Å²) in [5.41, 5.74) is 2.34. The number of aryl methyl sites for hydroxylation is 2. The number of piperazine rings is 1. The van der Waals surface area contributed by atoms with E-state index in [9.17, 15) is 13.2 Å². The number of carbonyl (C=O) groups excluding carboxylic acids is 1. The smallest absolute Gasteiger partial charge is 0.265 e. The quantitative estimate of drug-likeness (QED) is 0.722. The summed E-state index contributed by atoms with van der Waals surface area (Å²) in [5.74, 6) is -0.0613. The zero-order valence-electron chi connectivity index (χ0n) is 17.8. The van der Waals surface area contributed by atoms with E-state index >= 15 is 0 Å². The fourth-order valence-electron chi connectivity index (χ4n) is 4.03. The third-order valence-corrected chi connectivity index (χ3v) is 9.15. The topological polar surface area (TPSA) is 70.6 Å². The fourth-order valence-corrected chi connectivity index (χ4v) is 6.44. The van der Waals surface area contributed by atoms with E-state index in [0.29, 0.717) is 36.0 Å². The molecule has 0 radical (unpaired) electrons. The summed E-state index contributed by atoms with van der Waals surface area (Å²) >= 11 is 1.42. The van der Waals surface area contributed by atoms with Gasteiger partial charge in [0, 0.05) is 31.6 Å². The molecule has 0 bridgehead atoms. The van der Waals surface area contributed by atoms with Crippen LogP contribution in [0.3, 0.4) is 0 Å². The first-order valence-corrected chi connectivity index (χ1v) is 12.8. The largest absolute Gasteiger partial charge is 0.335 e. The lowest BCUT2D eigenvalue weighted by molar-refractivity contribution is 0.0702. The maximum absolute atomic E-state index is 13.1. The van der Waals surface area contributed by atoms with Gasteiger partial charge in [-0.2, -0.15) is 4.31 Å². The van der Waals surface area contributed by atoms with E-state index in [1.165, 1.54) is 27.6 Å². The molecule has 1 amide bonds. The maximum Gasteiger partial charge on any atom is 0.265 e. The number of carbonyl (C=O) groups is 1. The molecule has 1 saturated heterocycles. The van der Waals surface area contributed by atoms with E-state index in [-0.39, 0.29) is 11.3 Å². The number of rotatable bonds is 3. The van der Waals surface area contributed by atoms with Crippen LogP contribution in [0.5, 0.6) is 0 Å². The lowest BCUT2D eigenvalue weighted by Crippen LogP contribution is -2.50. The van der Waals surface area contributed by atoms with Gasteiger partial charge in [-0.1, -0.05) is 26.8 Å². The maximum atomic E-state index is 13.1. The molecule has 0 spiro atoms. The highest BCUT2D eigenvalue weighted by Gasteiger charge is 2.32. The summed E-state index contributed by atoms with van der Waals surface area (Å²) in [6.07, 6.45) is 5.92. The fraction of sp³-hybridized carbons (Fsp3) is 0.545. The normalized spacial score (nSPS) is 18.3. The van der Waals surface area contributed by atoms with Gasteiger partial charge in [-0.15, -0.1) is 11.3 Å². The van der Waals surface area contributed by atoms with Crippen molar-refractivity contribution < 1.29 is 13.2 Å². The Morgan fingerprint density at radius 3 is 2.33 bits per heavy atom. The molecule has 162 valence electrons. The van der Waals surface area contributed by atoms with Gasteiger partial charge in [0.05, 0.1) is 16.1 Å². The number of amides is 1. The van der Waals surface area contributed by atoms with Crippen molar-refractivity contribution in [2.75, 3.05) is 26.2 Å². The molecule has 1 aliphatic carbocycles. The van der Waals surface area contributed by atoms with E-state index in [1.807, 2.05) is 12.1 Å². The monoisotopic (exact) mass is 447 g/mol. The zero-order chi connectivity index (χ0) is 21.5. The molecule has 6 nitrogen and oxygen atoms in total. The molecule has 8 heteroatoms. The molecule has 30 heavy (non-hydrogen) atoms. The molecule has 1 fully saturated rings. The third-order valence-electron chi connectivity index (χ3n) is 5.84.